The predicted molar refractivity (Wildman–Crippen MR) is 142 cm³/mol. The second-order valence-corrected chi connectivity index (χ2v) is 9.65. The third-order valence-electron chi connectivity index (χ3n) is 6.70. The summed E-state index contributed by atoms with van der Waals surface area (Å²) < 4.78 is 18.0. The van der Waals surface area contributed by atoms with Gasteiger partial charge in [-0.25, -0.2) is 37.8 Å². The third-order valence-corrected chi connectivity index (χ3v) is 6.70. The summed E-state index contributed by atoms with van der Waals surface area (Å²) in [5.74, 6) is 0. The first kappa shape index (κ1) is 26.9. The Bertz CT molecular complexity index is 1390. The highest BCUT2D eigenvalue weighted by molar-refractivity contribution is 5.67. The lowest BCUT2D eigenvalue weighted by Gasteiger charge is -2.06. The van der Waals surface area contributed by atoms with E-state index in [0.29, 0.717) is 52.1 Å². The molecular formula is C28H34N8O4+2. The summed E-state index contributed by atoms with van der Waals surface area (Å²) in [4.78, 5) is 33.0. The van der Waals surface area contributed by atoms with Gasteiger partial charge in [0.2, 0.25) is 12.7 Å². The molecule has 5 heterocycles. The van der Waals surface area contributed by atoms with E-state index in [0.717, 1.165) is 34.2 Å². The van der Waals surface area contributed by atoms with Gasteiger partial charge in [0.05, 0.1) is 37.0 Å². The Morgan fingerprint density at radius 2 is 1.18 bits per heavy atom. The van der Waals surface area contributed by atoms with Crippen LogP contribution in [0.15, 0.2) is 61.4 Å². The molecule has 40 heavy (non-hydrogen) atoms. The standard InChI is InChI=1S/C28H32N8O4/c1-39-27(37)29-11-9-25-17-33-13-21-5-3-6-22(31-21)14-34-18-26(10-12-30-28(38)40-2)36(20-34)16-24-8-4-7-23(32-24)15-35(25)19-33/h3-8,17-20H,9-16H2,1-2H3/p+2. The first-order valence-corrected chi connectivity index (χ1v) is 13.2. The Morgan fingerprint density at radius 1 is 0.750 bits per heavy atom. The Labute approximate surface area is 232 Å². The summed E-state index contributed by atoms with van der Waals surface area (Å²) in [5.41, 5.74) is 5.90. The number of carbonyl (C=O) groups is 2. The number of alkyl carbamates (subject to hydrolysis) is 2. The minimum Gasteiger partial charge on any atom is -0.453 e. The number of methoxy groups -OCH3 is 2. The maximum atomic E-state index is 11.6. The topological polar surface area (TPSA) is 120 Å². The Hall–Kier alpha value is -4.74. The SMILES string of the molecule is COC(=O)NCCc1c[n+]2cn1Cc1cccc(n1)Cn1c[n+](cc1CCNC(=O)OC)Cc1cccc(n1)C2. The number of nitrogens with zero attached hydrogens (tertiary/aromatic N) is 6. The van der Waals surface area contributed by atoms with Crippen molar-refractivity contribution >= 4 is 12.2 Å². The first-order valence-electron chi connectivity index (χ1n) is 13.2. The molecule has 2 amide bonds. The van der Waals surface area contributed by atoms with Crippen LogP contribution in [0.5, 0.6) is 0 Å². The van der Waals surface area contributed by atoms with Gasteiger partial charge in [0, 0.05) is 25.9 Å². The summed E-state index contributed by atoms with van der Waals surface area (Å²) in [5, 5.41) is 5.52. The molecule has 0 aromatic carbocycles. The lowest BCUT2D eigenvalue weighted by molar-refractivity contribution is -0.690. The number of amides is 2. The van der Waals surface area contributed by atoms with Crippen molar-refractivity contribution in [1.29, 1.82) is 0 Å². The van der Waals surface area contributed by atoms with Crippen molar-refractivity contribution in [2.24, 2.45) is 0 Å². The maximum absolute atomic E-state index is 11.6. The summed E-state index contributed by atoms with van der Waals surface area (Å²) in [7, 11) is 2.72. The van der Waals surface area contributed by atoms with E-state index in [1.807, 2.05) is 36.4 Å². The number of rotatable bonds is 6. The fourth-order valence-corrected chi connectivity index (χ4v) is 4.84. The maximum Gasteiger partial charge on any atom is 0.406 e. The zero-order valence-electron chi connectivity index (χ0n) is 22.7. The fourth-order valence-electron chi connectivity index (χ4n) is 4.84. The van der Waals surface area contributed by atoms with Crippen molar-refractivity contribution in [2.75, 3.05) is 27.3 Å². The van der Waals surface area contributed by atoms with Gasteiger partial charge in [0.1, 0.15) is 50.0 Å². The number of aromatic nitrogens is 6. The summed E-state index contributed by atoms with van der Waals surface area (Å²) in [6, 6.07) is 12.2. The fraction of sp³-hybridized carbons (Fsp3) is 0.357. The average Bonchev–Trinajstić information content (AvgIpc) is 3.50. The second kappa shape index (κ2) is 12.4. The van der Waals surface area contributed by atoms with Crippen LogP contribution in [0.2, 0.25) is 0 Å². The number of nitrogens with one attached hydrogen (secondary N) is 2. The smallest absolute Gasteiger partial charge is 0.406 e. The van der Waals surface area contributed by atoms with E-state index < -0.39 is 12.2 Å². The predicted octanol–water partition coefficient (Wildman–Crippen LogP) is 0.958. The van der Waals surface area contributed by atoms with Gasteiger partial charge in [-0.1, -0.05) is 12.1 Å². The quantitative estimate of drug-likeness (QED) is 0.306. The molecule has 0 saturated carbocycles. The number of hydrogen-bond acceptors (Lipinski definition) is 6. The van der Waals surface area contributed by atoms with Crippen molar-refractivity contribution in [3.05, 3.63) is 95.6 Å². The Morgan fingerprint density at radius 3 is 1.62 bits per heavy atom. The molecule has 4 aromatic heterocycles. The van der Waals surface area contributed by atoms with Crippen LogP contribution < -0.4 is 19.8 Å². The van der Waals surface area contributed by atoms with Crippen molar-refractivity contribution in [3.8, 4) is 0 Å². The normalized spacial score (nSPS) is 12.4. The summed E-state index contributed by atoms with van der Waals surface area (Å²) >= 11 is 0. The van der Waals surface area contributed by atoms with E-state index in [4.69, 9.17) is 19.4 Å². The number of pyridine rings is 2. The number of carbonyl (C=O) groups excluding carboxylic acids is 2. The van der Waals surface area contributed by atoms with Crippen LogP contribution in [0.1, 0.15) is 34.2 Å². The van der Waals surface area contributed by atoms with Crippen molar-refractivity contribution < 1.29 is 28.2 Å². The molecule has 8 bridgehead atoms. The molecule has 0 aliphatic carbocycles. The summed E-state index contributed by atoms with van der Waals surface area (Å²) in [6.07, 6.45) is 8.72. The van der Waals surface area contributed by atoms with Crippen LogP contribution >= 0.6 is 0 Å². The molecule has 0 unspecified atom stereocenters. The molecule has 0 atom stereocenters. The average molecular weight is 547 g/mol. The highest BCUT2D eigenvalue weighted by atomic mass is 16.5. The molecule has 0 spiro atoms. The molecule has 12 heteroatoms. The van der Waals surface area contributed by atoms with Crippen molar-refractivity contribution in [2.45, 2.75) is 39.0 Å². The van der Waals surface area contributed by atoms with E-state index in [1.165, 1.54) is 14.2 Å². The van der Waals surface area contributed by atoms with Crippen LogP contribution in [-0.4, -0.2) is 58.6 Å². The van der Waals surface area contributed by atoms with Crippen LogP contribution in [0, 0.1) is 0 Å². The van der Waals surface area contributed by atoms with Gasteiger partial charge >= 0.3 is 12.2 Å². The van der Waals surface area contributed by atoms with Crippen molar-refractivity contribution in [3.63, 3.8) is 0 Å². The van der Waals surface area contributed by atoms with Gasteiger partial charge in [-0.2, -0.15) is 0 Å². The lowest BCUT2D eigenvalue weighted by Crippen LogP contribution is -2.34. The number of fused-ring (bicyclic) bond motifs is 8. The van der Waals surface area contributed by atoms with E-state index in [1.54, 1.807) is 0 Å². The van der Waals surface area contributed by atoms with E-state index in [2.05, 4.69) is 54.0 Å². The third kappa shape index (κ3) is 6.82. The molecule has 5 rings (SSSR count). The highest BCUT2D eigenvalue weighted by Gasteiger charge is 2.19. The monoisotopic (exact) mass is 546 g/mol. The number of hydrogen-bond donors (Lipinski definition) is 2. The van der Waals surface area contributed by atoms with E-state index >= 15 is 0 Å². The Kier molecular flexibility index (Phi) is 8.33. The molecule has 1 aliphatic rings. The molecule has 1 aliphatic heterocycles. The molecule has 12 nitrogen and oxygen atoms in total. The van der Waals surface area contributed by atoms with Crippen molar-refractivity contribution in [1.82, 2.24) is 29.7 Å². The van der Waals surface area contributed by atoms with Crippen LogP contribution in [0.25, 0.3) is 0 Å². The number of ether oxygens (including phenoxy) is 2. The van der Waals surface area contributed by atoms with Crippen LogP contribution in [0.4, 0.5) is 9.59 Å². The highest BCUT2D eigenvalue weighted by Crippen LogP contribution is 2.11. The van der Waals surface area contributed by atoms with Gasteiger partial charge < -0.3 is 20.1 Å². The lowest BCUT2D eigenvalue weighted by atomic mass is 10.2. The minimum atomic E-state index is -0.446. The van der Waals surface area contributed by atoms with E-state index in [9.17, 15) is 9.59 Å². The van der Waals surface area contributed by atoms with E-state index in [-0.39, 0.29) is 0 Å². The molecule has 0 radical (unpaired) electrons. The van der Waals surface area contributed by atoms with Gasteiger partial charge in [0.15, 0.2) is 0 Å². The zero-order valence-corrected chi connectivity index (χ0v) is 22.7. The minimum absolute atomic E-state index is 0.446. The molecule has 208 valence electrons. The van der Waals surface area contributed by atoms with Gasteiger partial charge in [-0.05, 0) is 24.3 Å². The molecule has 0 fully saturated rings. The summed E-state index contributed by atoms with van der Waals surface area (Å²) in [6.45, 7) is 3.31. The largest absolute Gasteiger partial charge is 0.453 e. The molecule has 4 aromatic rings. The van der Waals surface area contributed by atoms with Gasteiger partial charge in [0.25, 0.3) is 0 Å². The van der Waals surface area contributed by atoms with Gasteiger partial charge in [-0.3, -0.25) is 0 Å². The second-order valence-electron chi connectivity index (χ2n) is 9.65. The zero-order chi connectivity index (χ0) is 27.9. The first-order chi connectivity index (χ1) is 19.5. The molecule has 2 N–H and O–H groups in total. The number of imidazole rings is 2. The molecular weight excluding hydrogens is 512 g/mol. The Balaban J connectivity index is 1.47. The van der Waals surface area contributed by atoms with Crippen LogP contribution in [0.3, 0.4) is 0 Å². The molecule has 0 saturated heterocycles. The van der Waals surface area contributed by atoms with Gasteiger partial charge in [-0.15, -0.1) is 0 Å². The van der Waals surface area contributed by atoms with Crippen LogP contribution in [-0.2, 0) is 48.5 Å².